The number of rotatable bonds is 6. The van der Waals surface area contributed by atoms with Crippen LogP contribution in [0.2, 0.25) is 0 Å². The lowest BCUT2D eigenvalue weighted by Gasteiger charge is -2.17. The van der Waals surface area contributed by atoms with E-state index in [4.69, 9.17) is 10.8 Å². The Bertz CT molecular complexity index is 1150. The number of terminal acetylenes is 1. The molecule has 3 aromatic heterocycles. The lowest BCUT2D eigenvalue weighted by atomic mass is 10.3. The topological polar surface area (TPSA) is 80.0 Å². The molecule has 0 aliphatic rings. The normalized spacial score (nSPS) is 10.9. The molecule has 3 heterocycles. The summed E-state index contributed by atoms with van der Waals surface area (Å²) in [5.74, 6) is 3.83. The first-order valence-electron chi connectivity index (χ1n) is 8.87. The Morgan fingerprint density at radius 2 is 2.18 bits per heavy atom. The van der Waals surface area contributed by atoms with E-state index in [-0.39, 0.29) is 12.5 Å². The number of aromatic nitrogens is 4. The largest absolute Gasteiger partial charge is 0.467 e. The minimum atomic E-state index is -0.246. The number of fused-ring (bicyclic) bond motifs is 1. The van der Waals surface area contributed by atoms with Crippen LogP contribution in [-0.4, -0.2) is 37.1 Å². The van der Waals surface area contributed by atoms with E-state index in [1.54, 1.807) is 24.5 Å². The number of amides is 1. The van der Waals surface area contributed by atoms with Crippen LogP contribution in [0.25, 0.3) is 11.0 Å². The van der Waals surface area contributed by atoms with Crippen LogP contribution in [0.3, 0.4) is 0 Å². The molecule has 1 N–H and O–H groups in total. The van der Waals surface area contributed by atoms with Gasteiger partial charge in [-0.3, -0.25) is 9.89 Å². The van der Waals surface area contributed by atoms with Gasteiger partial charge >= 0.3 is 0 Å². The minimum Gasteiger partial charge on any atom is -0.467 e. The van der Waals surface area contributed by atoms with Crippen LogP contribution in [-0.2, 0) is 13.1 Å². The lowest BCUT2D eigenvalue weighted by molar-refractivity contribution is 0.0749. The zero-order valence-corrected chi connectivity index (χ0v) is 15.4. The third kappa shape index (κ3) is 3.40. The van der Waals surface area contributed by atoms with E-state index in [0.717, 1.165) is 22.6 Å². The average Bonchev–Trinajstić information content (AvgIpc) is 3.43. The van der Waals surface area contributed by atoms with Gasteiger partial charge in [-0.25, -0.2) is 4.98 Å². The van der Waals surface area contributed by atoms with Crippen LogP contribution >= 0.6 is 0 Å². The van der Waals surface area contributed by atoms with Gasteiger partial charge in [0.25, 0.3) is 5.91 Å². The summed E-state index contributed by atoms with van der Waals surface area (Å²) in [4.78, 5) is 18.9. The molecule has 0 bridgehead atoms. The highest BCUT2D eigenvalue weighted by Crippen LogP contribution is 2.17. The maximum absolute atomic E-state index is 12.8. The van der Waals surface area contributed by atoms with Crippen LogP contribution in [0, 0.1) is 19.3 Å². The van der Waals surface area contributed by atoms with Crippen LogP contribution in [0.1, 0.15) is 27.8 Å². The number of aromatic amines is 1. The molecule has 1 aromatic carbocycles. The smallest absolute Gasteiger partial charge is 0.275 e. The highest BCUT2D eigenvalue weighted by atomic mass is 16.3. The van der Waals surface area contributed by atoms with E-state index >= 15 is 0 Å². The van der Waals surface area contributed by atoms with E-state index in [2.05, 4.69) is 25.7 Å². The third-order valence-corrected chi connectivity index (χ3v) is 4.52. The van der Waals surface area contributed by atoms with Crippen molar-refractivity contribution >= 4 is 16.9 Å². The van der Waals surface area contributed by atoms with Gasteiger partial charge in [0.15, 0.2) is 5.69 Å². The Kier molecular flexibility index (Phi) is 4.68. The molecule has 0 spiro atoms. The Hall–Kier alpha value is -3.79. The van der Waals surface area contributed by atoms with Crippen LogP contribution in [0.4, 0.5) is 0 Å². The molecule has 0 radical (unpaired) electrons. The first kappa shape index (κ1) is 17.6. The maximum atomic E-state index is 12.8. The summed E-state index contributed by atoms with van der Waals surface area (Å²) in [5.41, 5.74) is 3.11. The molecular weight excluding hydrogens is 354 g/mol. The lowest BCUT2D eigenvalue weighted by Crippen LogP contribution is -2.31. The van der Waals surface area contributed by atoms with Crippen molar-refractivity contribution in [2.45, 2.75) is 20.0 Å². The summed E-state index contributed by atoms with van der Waals surface area (Å²) in [6.07, 6.45) is 6.99. The fourth-order valence-corrected chi connectivity index (χ4v) is 3.18. The molecular formula is C21H19N5O2. The quantitative estimate of drug-likeness (QED) is 0.527. The Morgan fingerprint density at radius 3 is 2.96 bits per heavy atom. The second kappa shape index (κ2) is 7.45. The number of para-hydroxylation sites is 2. The van der Waals surface area contributed by atoms with Gasteiger partial charge in [0.2, 0.25) is 0 Å². The molecule has 140 valence electrons. The number of H-pyrrole nitrogens is 1. The predicted molar refractivity (Wildman–Crippen MR) is 104 cm³/mol. The predicted octanol–water partition coefficient (Wildman–Crippen LogP) is 2.98. The van der Waals surface area contributed by atoms with Crippen LogP contribution in [0.15, 0.2) is 53.1 Å². The van der Waals surface area contributed by atoms with Crippen molar-refractivity contribution in [2.24, 2.45) is 0 Å². The number of benzene rings is 1. The van der Waals surface area contributed by atoms with Crippen molar-refractivity contribution in [1.82, 2.24) is 24.6 Å². The van der Waals surface area contributed by atoms with E-state index in [0.29, 0.717) is 24.5 Å². The maximum Gasteiger partial charge on any atom is 0.275 e. The van der Waals surface area contributed by atoms with Crippen LogP contribution < -0.4 is 0 Å². The molecule has 0 aliphatic heterocycles. The van der Waals surface area contributed by atoms with Gasteiger partial charge in [-0.05, 0) is 37.3 Å². The number of carbonyl (C=O) groups is 1. The molecule has 4 rings (SSSR count). The van der Waals surface area contributed by atoms with Gasteiger partial charge in [-0.1, -0.05) is 18.1 Å². The number of carbonyl (C=O) groups excluding carboxylic acids is 1. The molecule has 1 amide bonds. The van der Waals surface area contributed by atoms with Crippen molar-refractivity contribution in [2.75, 3.05) is 6.54 Å². The number of furan rings is 1. The number of aryl methyl sites for hydroxylation is 1. The number of hydrogen-bond donors (Lipinski definition) is 1. The van der Waals surface area contributed by atoms with E-state index in [1.807, 2.05) is 31.2 Å². The van der Waals surface area contributed by atoms with Crippen LogP contribution in [0.5, 0.6) is 0 Å². The molecule has 0 aliphatic carbocycles. The van der Waals surface area contributed by atoms with Crippen molar-refractivity contribution in [3.05, 3.63) is 71.7 Å². The fraction of sp³-hybridized carbons (Fsp3) is 0.190. The number of nitrogens with one attached hydrogen (secondary N) is 1. The van der Waals surface area contributed by atoms with Gasteiger partial charge in [-0.15, -0.1) is 6.42 Å². The van der Waals surface area contributed by atoms with Crippen molar-refractivity contribution in [3.8, 4) is 12.3 Å². The van der Waals surface area contributed by atoms with Gasteiger partial charge in [-0.2, -0.15) is 5.10 Å². The number of imidazole rings is 1. The minimum absolute atomic E-state index is 0.174. The molecule has 4 aromatic rings. The monoisotopic (exact) mass is 373 g/mol. The highest BCUT2D eigenvalue weighted by molar-refractivity contribution is 5.92. The first-order chi connectivity index (χ1) is 13.7. The molecule has 28 heavy (non-hydrogen) atoms. The Labute approximate surface area is 162 Å². The van der Waals surface area contributed by atoms with E-state index in [9.17, 15) is 4.79 Å². The van der Waals surface area contributed by atoms with E-state index < -0.39 is 0 Å². The molecule has 0 unspecified atom stereocenters. The second-order valence-electron chi connectivity index (χ2n) is 6.46. The zero-order valence-electron chi connectivity index (χ0n) is 15.4. The average molecular weight is 373 g/mol. The molecule has 0 saturated carbocycles. The van der Waals surface area contributed by atoms with Crippen molar-refractivity contribution in [3.63, 3.8) is 0 Å². The summed E-state index contributed by atoms with van der Waals surface area (Å²) in [6, 6.07) is 13.3. The molecule has 7 heteroatoms. The van der Waals surface area contributed by atoms with Crippen molar-refractivity contribution in [1.29, 1.82) is 0 Å². The van der Waals surface area contributed by atoms with E-state index in [1.165, 1.54) is 4.90 Å². The fourth-order valence-electron chi connectivity index (χ4n) is 3.18. The third-order valence-electron chi connectivity index (χ3n) is 4.52. The second-order valence-corrected chi connectivity index (χ2v) is 6.46. The summed E-state index contributed by atoms with van der Waals surface area (Å²) in [6.45, 7) is 2.97. The van der Waals surface area contributed by atoms with Crippen molar-refractivity contribution < 1.29 is 9.21 Å². The molecule has 0 atom stereocenters. The number of nitrogens with zero attached hydrogens (tertiary/aromatic N) is 4. The van der Waals surface area contributed by atoms with Gasteiger partial charge < -0.3 is 13.9 Å². The Balaban J connectivity index is 1.55. The SMILES string of the molecule is C#CCN(Cc1ccco1)C(=O)c1cc(Cn2c(C)nc3ccccc32)[nH]n1. The summed E-state index contributed by atoms with van der Waals surface area (Å²) < 4.78 is 7.41. The standard InChI is InChI=1S/C21H19N5O2/c1-3-10-25(14-17-7-6-11-28-17)21(27)19-12-16(23-24-19)13-26-15(2)22-18-8-4-5-9-20(18)26/h1,4-9,11-12H,10,13-14H2,2H3,(H,23,24). The van der Waals surface area contributed by atoms with Gasteiger partial charge in [0.05, 0.1) is 42.6 Å². The zero-order chi connectivity index (χ0) is 19.5. The van der Waals surface area contributed by atoms with Gasteiger partial charge in [0.1, 0.15) is 11.6 Å². The first-order valence-corrected chi connectivity index (χ1v) is 8.87. The Morgan fingerprint density at radius 1 is 1.32 bits per heavy atom. The van der Waals surface area contributed by atoms with Gasteiger partial charge in [0, 0.05) is 0 Å². The summed E-state index contributed by atoms with van der Waals surface area (Å²) in [5, 5.41) is 7.14. The molecule has 7 nitrogen and oxygen atoms in total. The summed E-state index contributed by atoms with van der Waals surface area (Å²) >= 11 is 0. The molecule has 0 saturated heterocycles. The molecule has 0 fully saturated rings. The highest BCUT2D eigenvalue weighted by Gasteiger charge is 2.20. The summed E-state index contributed by atoms with van der Waals surface area (Å²) in [7, 11) is 0. The number of hydrogen-bond acceptors (Lipinski definition) is 4.